The topological polar surface area (TPSA) is 49.2 Å². The maximum absolute atomic E-state index is 10.3. The number of aromatic nitrogens is 2. The van der Waals surface area contributed by atoms with Gasteiger partial charge in [-0.15, -0.1) is 23.8 Å². The Morgan fingerprint density at radius 1 is 0.886 bits per heavy atom. The molecule has 0 spiro atoms. The van der Waals surface area contributed by atoms with E-state index in [0.717, 1.165) is 39.4 Å². The maximum Gasteiger partial charge on any atom is 0.140 e. The predicted octanol–water partition coefficient (Wildman–Crippen LogP) is 7.22. The van der Waals surface area contributed by atoms with Crippen molar-refractivity contribution in [2.45, 2.75) is 26.2 Å². The van der Waals surface area contributed by atoms with Gasteiger partial charge in [0.15, 0.2) is 0 Å². The van der Waals surface area contributed by atoms with Gasteiger partial charge in [0, 0.05) is 38.3 Å². The third-order valence-corrected chi connectivity index (χ3v) is 6.75. The van der Waals surface area contributed by atoms with E-state index >= 15 is 0 Å². The van der Waals surface area contributed by atoms with E-state index in [1.807, 2.05) is 36.5 Å². The second-order valence-corrected chi connectivity index (χ2v) is 9.35. The molecule has 3 aromatic carbocycles. The quantitative estimate of drug-likeness (QED) is 0.208. The Hall–Kier alpha value is -3.49. The molecule has 0 bridgehead atoms. The molecule has 3 heterocycles. The average molecular weight is 638 g/mol. The van der Waals surface area contributed by atoms with Crippen LogP contribution in [0.15, 0.2) is 85.1 Å². The summed E-state index contributed by atoms with van der Waals surface area (Å²) in [5, 5.41) is 11.2. The predicted molar refractivity (Wildman–Crippen MR) is 137 cm³/mol. The van der Waals surface area contributed by atoms with E-state index in [-0.39, 0.29) is 32.2 Å². The number of para-hydroxylation sites is 2. The number of nitrogens with zero attached hydrogens (tertiary/aromatic N) is 3. The van der Waals surface area contributed by atoms with Crippen molar-refractivity contribution in [2.24, 2.45) is 0 Å². The molecular formula is C30H24N3OPt-. The van der Waals surface area contributed by atoms with Crippen molar-refractivity contribution in [1.29, 1.82) is 0 Å². The number of aromatic hydroxyl groups is 1. The van der Waals surface area contributed by atoms with Crippen LogP contribution in [0, 0.1) is 13.0 Å². The van der Waals surface area contributed by atoms with Crippen molar-refractivity contribution in [3.8, 4) is 17.0 Å². The summed E-state index contributed by atoms with van der Waals surface area (Å²) in [6.07, 6.45) is 1.85. The van der Waals surface area contributed by atoms with Crippen LogP contribution in [0.4, 0.5) is 17.2 Å². The second kappa shape index (κ2) is 8.62. The molecule has 35 heavy (non-hydrogen) atoms. The van der Waals surface area contributed by atoms with E-state index in [0.29, 0.717) is 5.52 Å². The summed E-state index contributed by atoms with van der Waals surface area (Å²) in [6.45, 7) is 6.59. The van der Waals surface area contributed by atoms with Crippen LogP contribution in [0.5, 0.6) is 5.75 Å². The Morgan fingerprint density at radius 2 is 1.71 bits per heavy atom. The fourth-order valence-corrected chi connectivity index (χ4v) is 4.94. The van der Waals surface area contributed by atoms with Crippen LogP contribution in [0.2, 0.25) is 0 Å². The van der Waals surface area contributed by atoms with Crippen LogP contribution >= 0.6 is 0 Å². The summed E-state index contributed by atoms with van der Waals surface area (Å²) < 4.78 is 0. The van der Waals surface area contributed by atoms with E-state index < -0.39 is 0 Å². The Labute approximate surface area is 219 Å². The first-order valence-corrected chi connectivity index (χ1v) is 11.4. The number of benzene rings is 3. The standard InChI is InChI=1S/C30H24N3O.Pt/c1-19-15-16-31-28(17-19)33-25-9-5-4-8-22(25)30(2,3)23-13-11-21(18-26(23)33)24-14-12-20-7-6-10-27(34)29(20)32-24;/h4-17,34H,1-3H3;/q-1;. The number of fused-ring (bicyclic) bond motifs is 3. The van der Waals surface area contributed by atoms with Gasteiger partial charge in [0.1, 0.15) is 17.1 Å². The van der Waals surface area contributed by atoms with Gasteiger partial charge in [-0.2, -0.15) is 0 Å². The number of hydrogen-bond acceptors (Lipinski definition) is 4. The Bertz CT molecular complexity index is 1580. The van der Waals surface area contributed by atoms with E-state index in [1.165, 1.54) is 11.1 Å². The molecule has 1 aliphatic rings. The third-order valence-electron chi connectivity index (χ3n) is 6.75. The molecule has 6 rings (SSSR count). The van der Waals surface area contributed by atoms with Crippen molar-refractivity contribution in [3.05, 3.63) is 108 Å². The zero-order valence-electron chi connectivity index (χ0n) is 19.7. The molecule has 1 N–H and O–H groups in total. The molecule has 0 amide bonds. The summed E-state index contributed by atoms with van der Waals surface area (Å²) >= 11 is 0. The molecule has 0 fully saturated rings. The number of aryl methyl sites for hydroxylation is 1. The number of pyridine rings is 2. The molecule has 5 heteroatoms. The van der Waals surface area contributed by atoms with E-state index in [4.69, 9.17) is 9.97 Å². The van der Waals surface area contributed by atoms with Gasteiger partial charge in [0.2, 0.25) is 0 Å². The minimum atomic E-state index is -0.198. The first-order valence-electron chi connectivity index (χ1n) is 11.4. The second-order valence-electron chi connectivity index (χ2n) is 9.35. The third kappa shape index (κ3) is 3.73. The summed E-state index contributed by atoms with van der Waals surface area (Å²) in [4.78, 5) is 11.7. The van der Waals surface area contributed by atoms with Crippen molar-refractivity contribution < 1.29 is 26.2 Å². The molecule has 0 saturated carbocycles. The van der Waals surface area contributed by atoms with Crippen molar-refractivity contribution in [1.82, 2.24) is 9.97 Å². The molecule has 0 atom stereocenters. The smallest absolute Gasteiger partial charge is 0.140 e. The molecule has 0 aliphatic carbocycles. The van der Waals surface area contributed by atoms with Gasteiger partial charge >= 0.3 is 0 Å². The van der Waals surface area contributed by atoms with Crippen LogP contribution in [-0.4, -0.2) is 15.1 Å². The molecule has 0 radical (unpaired) electrons. The van der Waals surface area contributed by atoms with Gasteiger partial charge in [0.25, 0.3) is 0 Å². The number of hydrogen-bond donors (Lipinski definition) is 1. The van der Waals surface area contributed by atoms with Gasteiger partial charge in [0.05, 0.1) is 0 Å². The maximum atomic E-state index is 10.3. The molecule has 0 saturated heterocycles. The van der Waals surface area contributed by atoms with Crippen molar-refractivity contribution >= 4 is 28.1 Å². The van der Waals surface area contributed by atoms with Crippen LogP contribution < -0.4 is 4.90 Å². The van der Waals surface area contributed by atoms with Crippen LogP contribution in [0.1, 0.15) is 30.5 Å². The fraction of sp³-hybridized carbons (Fsp3) is 0.133. The molecule has 2 aromatic heterocycles. The molecule has 4 nitrogen and oxygen atoms in total. The number of anilines is 3. The van der Waals surface area contributed by atoms with Crippen molar-refractivity contribution in [3.63, 3.8) is 0 Å². The average Bonchev–Trinajstić information content (AvgIpc) is 2.84. The Kier molecular flexibility index (Phi) is 5.73. The van der Waals surface area contributed by atoms with Gasteiger partial charge in [-0.25, -0.2) is 4.98 Å². The van der Waals surface area contributed by atoms with Crippen molar-refractivity contribution in [2.75, 3.05) is 4.90 Å². The minimum absolute atomic E-state index is 0. The zero-order chi connectivity index (χ0) is 23.4. The Morgan fingerprint density at radius 3 is 2.54 bits per heavy atom. The summed E-state index contributed by atoms with van der Waals surface area (Å²) in [5.41, 5.74) is 7.70. The monoisotopic (exact) mass is 637 g/mol. The van der Waals surface area contributed by atoms with Crippen LogP contribution in [-0.2, 0) is 26.5 Å². The largest absolute Gasteiger partial charge is 0.506 e. The summed E-state index contributed by atoms with van der Waals surface area (Å²) in [5.74, 6) is 1.04. The summed E-state index contributed by atoms with van der Waals surface area (Å²) in [7, 11) is 0. The molecular weight excluding hydrogens is 613 g/mol. The van der Waals surface area contributed by atoms with Gasteiger partial charge in [-0.1, -0.05) is 61.9 Å². The number of phenolic OH excluding ortho intramolecular Hbond substituents is 1. The first kappa shape index (κ1) is 23.3. The minimum Gasteiger partial charge on any atom is -0.506 e. The first-order chi connectivity index (χ1) is 16.4. The number of rotatable bonds is 2. The zero-order valence-corrected chi connectivity index (χ0v) is 22.0. The molecule has 176 valence electrons. The summed E-state index contributed by atoms with van der Waals surface area (Å²) in [6, 6.07) is 30.0. The van der Waals surface area contributed by atoms with Crippen LogP contribution in [0.3, 0.4) is 0 Å². The van der Waals surface area contributed by atoms with Gasteiger partial charge < -0.3 is 10.0 Å². The van der Waals surface area contributed by atoms with E-state index in [2.05, 4.69) is 74.2 Å². The molecule has 5 aromatic rings. The van der Waals surface area contributed by atoms with Gasteiger partial charge in [-0.05, 0) is 59.1 Å². The van der Waals surface area contributed by atoms with Gasteiger partial charge in [-0.3, -0.25) is 4.98 Å². The van der Waals surface area contributed by atoms with Crippen LogP contribution in [0.25, 0.3) is 22.2 Å². The Balaban J connectivity index is 0.00000253. The molecule has 0 unspecified atom stereocenters. The number of phenols is 1. The normalized spacial score (nSPS) is 13.6. The fourth-order valence-electron chi connectivity index (χ4n) is 4.94. The molecule has 1 aliphatic heterocycles. The van der Waals surface area contributed by atoms with E-state index in [1.54, 1.807) is 6.07 Å². The SMILES string of the molecule is Cc1ccnc(N2c3[c-]c(-c4ccc5cccc(O)c5n4)ccc3C(C)(C)c3ccccc32)c1.[Pt]. The van der Waals surface area contributed by atoms with E-state index in [9.17, 15) is 5.11 Å².